The maximum atomic E-state index is 13.3. The van der Waals surface area contributed by atoms with Crippen molar-refractivity contribution < 1.29 is 18.0 Å². The molecule has 3 aromatic rings. The van der Waals surface area contributed by atoms with Crippen LogP contribution >= 0.6 is 11.3 Å². The minimum absolute atomic E-state index is 0.203. The van der Waals surface area contributed by atoms with Gasteiger partial charge in [0.2, 0.25) is 0 Å². The quantitative estimate of drug-likeness (QED) is 0.724. The molecule has 0 saturated carbocycles. The van der Waals surface area contributed by atoms with E-state index >= 15 is 0 Å². The van der Waals surface area contributed by atoms with Crippen molar-refractivity contribution in [1.29, 1.82) is 0 Å². The molecule has 1 amide bonds. The van der Waals surface area contributed by atoms with E-state index in [2.05, 4.69) is 5.32 Å². The summed E-state index contributed by atoms with van der Waals surface area (Å²) in [5, 5.41) is 2.70. The first kappa shape index (κ1) is 16.3. The van der Waals surface area contributed by atoms with Crippen molar-refractivity contribution >= 4 is 17.2 Å². The average molecular weight is 347 g/mol. The number of hydrogen-bond donors (Lipinski definition) is 1. The van der Waals surface area contributed by atoms with Gasteiger partial charge in [-0.2, -0.15) is 0 Å². The molecule has 2 aromatic carbocycles. The second-order valence-electron chi connectivity index (χ2n) is 5.11. The third-order valence-electron chi connectivity index (χ3n) is 3.38. The molecule has 6 heteroatoms. The highest BCUT2D eigenvalue weighted by Gasteiger charge is 2.12. The van der Waals surface area contributed by atoms with Gasteiger partial charge in [-0.15, -0.1) is 11.3 Å². The minimum Gasteiger partial charge on any atom is -0.347 e. The molecule has 0 unspecified atom stereocenters. The molecule has 0 bridgehead atoms. The van der Waals surface area contributed by atoms with Gasteiger partial charge < -0.3 is 5.32 Å². The second-order valence-corrected chi connectivity index (χ2v) is 6.19. The van der Waals surface area contributed by atoms with E-state index in [1.165, 1.54) is 29.5 Å². The number of nitrogens with one attached hydrogen (secondary N) is 1. The van der Waals surface area contributed by atoms with E-state index in [9.17, 15) is 18.0 Å². The van der Waals surface area contributed by atoms with E-state index in [0.29, 0.717) is 20.9 Å². The number of carbonyl (C=O) groups is 1. The van der Waals surface area contributed by atoms with Crippen molar-refractivity contribution in [3.05, 3.63) is 82.5 Å². The van der Waals surface area contributed by atoms with Crippen LogP contribution in [-0.2, 0) is 6.54 Å². The highest BCUT2D eigenvalue weighted by molar-refractivity contribution is 7.17. The predicted octanol–water partition coefficient (Wildman–Crippen LogP) is 4.76. The largest absolute Gasteiger partial charge is 0.347 e. The Morgan fingerprint density at radius 1 is 0.958 bits per heavy atom. The fourth-order valence-electron chi connectivity index (χ4n) is 2.18. The van der Waals surface area contributed by atoms with E-state index in [1.54, 1.807) is 24.3 Å². The summed E-state index contributed by atoms with van der Waals surface area (Å²) < 4.78 is 39.4. The van der Waals surface area contributed by atoms with Crippen molar-refractivity contribution in [3.63, 3.8) is 0 Å². The molecule has 0 spiro atoms. The third kappa shape index (κ3) is 3.65. The number of halogens is 3. The number of carbonyl (C=O) groups excluding carboxylic acids is 1. The predicted molar refractivity (Wildman–Crippen MR) is 87.2 cm³/mol. The lowest BCUT2D eigenvalue weighted by Gasteiger charge is -2.04. The molecule has 3 rings (SSSR count). The Morgan fingerprint density at radius 3 is 2.54 bits per heavy atom. The summed E-state index contributed by atoms with van der Waals surface area (Å²) in [5.74, 6) is -2.52. The third-order valence-corrected chi connectivity index (χ3v) is 4.51. The maximum Gasteiger partial charge on any atom is 0.261 e. The van der Waals surface area contributed by atoms with Gasteiger partial charge in [-0.3, -0.25) is 4.79 Å². The van der Waals surface area contributed by atoms with E-state index in [0.717, 1.165) is 12.1 Å². The Kier molecular flexibility index (Phi) is 4.66. The Hall–Kier alpha value is -2.60. The summed E-state index contributed by atoms with van der Waals surface area (Å²) in [7, 11) is 0. The van der Waals surface area contributed by atoms with Gasteiger partial charge in [0.25, 0.3) is 5.91 Å². The molecule has 0 aliphatic heterocycles. The van der Waals surface area contributed by atoms with Gasteiger partial charge in [0, 0.05) is 11.4 Å². The van der Waals surface area contributed by atoms with Gasteiger partial charge in [0.15, 0.2) is 11.6 Å². The lowest BCUT2D eigenvalue weighted by atomic mass is 10.2. The molecule has 0 aliphatic rings. The van der Waals surface area contributed by atoms with Crippen LogP contribution < -0.4 is 5.32 Å². The fraction of sp³-hybridized carbons (Fsp3) is 0.0556. The Bertz CT molecular complexity index is 891. The van der Waals surface area contributed by atoms with Gasteiger partial charge in [-0.05, 0) is 47.5 Å². The van der Waals surface area contributed by atoms with E-state index in [1.807, 2.05) is 0 Å². The smallest absolute Gasteiger partial charge is 0.261 e. The number of rotatable bonds is 4. The van der Waals surface area contributed by atoms with Crippen LogP contribution in [0.5, 0.6) is 0 Å². The Morgan fingerprint density at radius 2 is 1.79 bits per heavy atom. The summed E-state index contributed by atoms with van der Waals surface area (Å²) in [6, 6.07) is 12.9. The standard InChI is InChI=1S/C18H12F3NOS/c19-13-3-1-2-11(8-13)10-22-18(23)17-7-6-16(24-17)12-4-5-14(20)15(21)9-12/h1-9H,10H2,(H,22,23). The van der Waals surface area contributed by atoms with Crippen LogP contribution in [0, 0.1) is 17.5 Å². The van der Waals surface area contributed by atoms with Crippen LogP contribution in [0.1, 0.15) is 15.2 Å². The van der Waals surface area contributed by atoms with Gasteiger partial charge in [-0.25, -0.2) is 13.2 Å². The lowest BCUT2D eigenvalue weighted by molar-refractivity contribution is 0.0955. The lowest BCUT2D eigenvalue weighted by Crippen LogP contribution is -2.21. The van der Waals surface area contributed by atoms with E-state index in [-0.39, 0.29) is 18.3 Å². The first-order valence-electron chi connectivity index (χ1n) is 7.11. The topological polar surface area (TPSA) is 29.1 Å². The van der Waals surface area contributed by atoms with E-state index < -0.39 is 11.6 Å². The maximum absolute atomic E-state index is 13.3. The molecular weight excluding hydrogens is 335 g/mol. The van der Waals surface area contributed by atoms with Crippen LogP contribution in [0.15, 0.2) is 54.6 Å². The minimum atomic E-state index is -0.932. The molecule has 2 nitrogen and oxygen atoms in total. The second kappa shape index (κ2) is 6.88. The number of benzene rings is 2. The molecule has 122 valence electrons. The molecule has 0 saturated heterocycles. The van der Waals surface area contributed by atoms with Gasteiger partial charge in [-0.1, -0.05) is 18.2 Å². The normalized spacial score (nSPS) is 10.6. The molecule has 0 radical (unpaired) electrons. The van der Waals surface area contributed by atoms with Crippen LogP contribution in [0.4, 0.5) is 13.2 Å². The number of hydrogen-bond acceptors (Lipinski definition) is 2. The molecule has 1 aromatic heterocycles. The number of thiophene rings is 1. The van der Waals surface area contributed by atoms with Crippen LogP contribution in [-0.4, -0.2) is 5.91 Å². The number of amides is 1. The van der Waals surface area contributed by atoms with E-state index in [4.69, 9.17) is 0 Å². The van der Waals surface area contributed by atoms with Crippen molar-refractivity contribution in [2.75, 3.05) is 0 Å². The van der Waals surface area contributed by atoms with Crippen molar-refractivity contribution in [2.24, 2.45) is 0 Å². The zero-order valence-electron chi connectivity index (χ0n) is 12.4. The van der Waals surface area contributed by atoms with Crippen molar-refractivity contribution in [3.8, 4) is 10.4 Å². The summed E-state index contributed by atoms with van der Waals surface area (Å²) in [6.07, 6.45) is 0. The molecule has 1 N–H and O–H groups in total. The highest BCUT2D eigenvalue weighted by Crippen LogP contribution is 2.29. The van der Waals surface area contributed by atoms with Crippen molar-refractivity contribution in [1.82, 2.24) is 5.32 Å². The monoisotopic (exact) mass is 347 g/mol. The zero-order chi connectivity index (χ0) is 17.1. The average Bonchev–Trinajstić information content (AvgIpc) is 3.05. The summed E-state index contributed by atoms with van der Waals surface area (Å²) in [6.45, 7) is 0.203. The molecule has 0 aliphatic carbocycles. The van der Waals surface area contributed by atoms with Crippen LogP contribution in [0.2, 0.25) is 0 Å². The summed E-state index contributed by atoms with van der Waals surface area (Å²) >= 11 is 1.17. The summed E-state index contributed by atoms with van der Waals surface area (Å²) in [5.41, 5.74) is 1.16. The first-order chi connectivity index (χ1) is 11.5. The Balaban J connectivity index is 1.70. The Labute approximate surface area is 140 Å². The molecule has 1 heterocycles. The fourth-order valence-corrected chi connectivity index (χ4v) is 3.10. The first-order valence-corrected chi connectivity index (χ1v) is 7.92. The van der Waals surface area contributed by atoms with Gasteiger partial charge in [0.05, 0.1) is 4.88 Å². The molecule has 0 atom stereocenters. The van der Waals surface area contributed by atoms with Gasteiger partial charge >= 0.3 is 0 Å². The highest BCUT2D eigenvalue weighted by atomic mass is 32.1. The summed E-state index contributed by atoms with van der Waals surface area (Å²) in [4.78, 5) is 13.2. The van der Waals surface area contributed by atoms with Gasteiger partial charge in [0.1, 0.15) is 5.82 Å². The molecule has 0 fully saturated rings. The van der Waals surface area contributed by atoms with Crippen LogP contribution in [0.3, 0.4) is 0 Å². The van der Waals surface area contributed by atoms with Crippen LogP contribution in [0.25, 0.3) is 10.4 Å². The zero-order valence-corrected chi connectivity index (χ0v) is 13.2. The van der Waals surface area contributed by atoms with Crippen molar-refractivity contribution in [2.45, 2.75) is 6.54 Å². The molecular formula is C18H12F3NOS. The molecule has 24 heavy (non-hydrogen) atoms. The SMILES string of the molecule is O=C(NCc1cccc(F)c1)c1ccc(-c2ccc(F)c(F)c2)s1.